The van der Waals surface area contributed by atoms with Crippen LogP contribution in [0.3, 0.4) is 0 Å². The molecular formula is C17H24BrNO. The molecule has 0 fully saturated rings. The van der Waals surface area contributed by atoms with Gasteiger partial charge in [0.15, 0.2) is 0 Å². The molecule has 1 rings (SSSR count). The molecule has 3 heteroatoms. The molecule has 1 aromatic rings. The van der Waals surface area contributed by atoms with E-state index in [0.29, 0.717) is 12.5 Å². The van der Waals surface area contributed by atoms with E-state index in [4.69, 9.17) is 4.74 Å². The minimum absolute atomic E-state index is 0.639. The van der Waals surface area contributed by atoms with Gasteiger partial charge in [0.05, 0.1) is 6.61 Å². The number of hydrogen-bond acceptors (Lipinski definition) is 2. The van der Waals surface area contributed by atoms with Crippen LogP contribution in [-0.4, -0.2) is 13.2 Å². The van der Waals surface area contributed by atoms with Crippen LogP contribution in [0.2, 0.25) is 0 Å². The summed E-state index contributed by atoms with van der Waals surface area (Å²) in [6.45, 7) is 10.8. The van der Waals surface area contributed by atoms with Gasteiger partial charge in [-0.25, -0.2) is 0 Å². The van der Waals surface area contributed by atoms with Crippen molar-refractivity contribution in [3.63, 3.8) is 0 Å². The van der Waals surface area contributed by atoms with Crippen LogP contribution in [-0.2, 0) is 6.54 Å². The molecule has 0 amide bonds. The maximum absolute atomic E-state index is 5.92. The molecule has 110 valence electrons. The number of halogens is 1. The molecule has 0 spiro atoms. The van der Waals surface area contributed by atoms with E-state index < -0.39 is 0 Å². The number of hydrogen-bond donors (Lipinski definition) is 1. The highest BCUT2D eigenvalue weighted by atomic mass is 79.9. The van der Waals surface area contributed by atoms with Crippen LogP contribution in [0, 0.1) is 24.7 Å². The van der Waals surface area contributed by atoms with E-state index in [-0.39, 0.29) is 0 Å². The lowest BCUT2D eigenvalue weighted by atomic mass is 10.1. The van der Waals surface area contributed by atoms with Crippen molar-refractivity contribution in [2.75, 3.05) is 13.2 Å². The Morgan fingerprint density at radius 3 is 2.75 bits per heavy atom. The van der Waals surface area contributed by atoms with E-state index in [1.54, 1.807) is 0 Å². The predicted molar refractivity (Wildman–Crippen MR) is 89.0 cm³/mol. The van der Waals surface area contributed by atoms with Crippen molar-refractivity contribution in [3.8, 4) is 17.6 Å². The van der Waals surface area contributed by atoms with Crippen molar-refractivity contribution in [1.82, 2.24) is 5.32 Å². The summed E-state index contributed by atoms with van der Waals surface area (Å²) < 4.78 is 7.01. The average molecular weight is 338 g/mol. The summed E-state index contributed by atoms with van der Waals surface area (Å²) >= 11 is 3.56. The zero-order valence-electron chi connectivity index (χ0n) is 12.8. The van der Waals surface area contributed by atoms with Crippen molar-refractivity contribution in [1.29, 1.82) is 0 Å². The molecule has 0 aromatic heterocycles. The number of rotatable bonds is 7. The first-order chi connectivity index (χ1) is 9.54. The largest absolute Gasteiger partial charge is 0.492 e. The van der Waals surface area contributed by atoms with Gasteiger partial charge in [-0.05, 0) is 44.0 Å². The molecule has 2 nitrogen and oxygen atoms in total. The topological polar surface area (TPSA) is 21.3 Å². The molecule has 1 aromatic carbocycles. The fraction of sp³-hybridized carbons (Fsp3) is 0.529. The van der Waals surface area contributed by atoms with Crippen LogP contribution >= 0.6 is 15.9 Å². The second kappa shape index (κ2) is 9.05. The summed E-state index contributed by atoms with van der Waals surface area (Å²) in [5, 5.41) is 3.47. The lowest BCUT2D eigenvalue weighted by Gasteiger charge is -2.15. The zero-order valence-corrected chi connectivity index (χ0v) is 14.4. The molecule has 0 saturated carbocycles. The highest BCUT2D eigenvalue weighted by Gasteiger charge is 2.09. The third kappa shape index (κ3) is 5.98. The molecule has 0 radical (unpaired) electrons. The average Bonchev–Trinajstić information content (AvgIpc) is 2.36. The SMILES string of the molecule is CC#CCCOc1c(C)cc(Br)cc1CNCC(C)C. The van der Waals surface area contributed by atoms with Crippen molar-refractivity contribution in [2.24, 2.45) is 5.92 Å². The molecule has 0 aliphatic rings. The molecule has 0 aliphatic carbocycles. The van der Waals surface area contributed by atoms with E-state index in [9.17, 15) is 0 Å². The lowest BCUT2D eigenvalue weighted by Crippen LogP contribution is -2.19. The summed E-state index contributed by atoms with van der Waals surface area (Å²) in [6, 6.07) is 4.22. The van der Waals surface area contributed by atoms with Crippen LogP contribution in [0.25, 0.3) is 0 Å². The van der Waals surface area contributed by atoms with Gasteiger partial charge in [-0.3, -0.25) is 0 Å². The lowest BCUT2D eigenvalue weighted by molar-refractivity contribution is 0.320. The monoisotopic (exact) mass is 337 g/mol. The molecule has 0 unspecified atom stereocenters. The van der Waals surface area contributed by atoms with E-state index in [1.807, 2.05) is 6.92 Å². The fourth-order valence-electron chi connectivity index (χ4n) is 1.96. The van der Waals surface area contributed by atoms with Gasteiger partial charge in [-0.2, -0.15) is 0 Å². The van der Waals surface area contributed by atoms with E-state index in [0.717, 1.165) is 35.3 Å². The Hall–Kier alpha value is -0.980. The van der Waals surface area contributed by atoms with Crippen molar-refractivity contribution in [2.45, 2.75) is 40.7 Å². The molecule has 0 aliphatic heterocycles. The van der Waals surface area contributed by atoms with Crippen LogP contribution < -0.4 is 10.1 Å². The van der Waals surface area contributed by atoms with Crippen LogP contribution in [0.4, 0.5) is 0 Å². The highest BCUT2D eigenvalue weighted by molar-refractivity contribution is 9.10. The highest BCUT2D eigenvalue weighted by Crippen LogP contribution is 2.28. The maximum Gasteiger partial charge on any atom is 0.126 e. The Balaban J connectivity index is 2.75. The van der Waals surface area contributed by atoms with Crippen LogP contribution in [0.5, 0.6) is 5.75 Å². The smallest absolute Gasteiger partial charge is 0.126 e. The minimum Gasteiger partial charge on any atom is -0.492 e. The molecule has 0 saturated heterocycles. The minimum atomic E-state index is 0.639. The van der Waals surface area contributed by atoms with E-state index >= 15 is 0 Å². The Bertz CT molecular complexity index is 486. The quantitative estimate of drug-likeness (QED) is 0.591. The zero-order chi connectivity index (χ0) is 15.0. The van der Waals surface area contributed by atoms with Gasteiger partial charge < -0.3 is 10.1 Å². The maximum atomic E-state index is 5.92. The number of aryl methyl sites for hydroxylation is 1. The van der Waals surface area contributed by atoms with Gasteiger partial charge in [0.2, 0.25) is 0 Å². The third-order valence-electron chi connectivity index (χ3n) is 2.83. The Morgan fingerprint density at radius 2 is 2.10 bits per heavy atom. The molecular weight excluding hydrogens is 314 g/mol. The van der Waals surface area contributed by atoms with Gasteiger partial charge in [-0.1, -0.05) is 29.8 Å². The summed E-state index contributed by atoms with van der Waals surface area (Å²) in [5.74, 6) is 7.55. The van der Waals surface area contributed by atoms with Gasteiger partial charge in [0, 0.05) is 23.0 Å². The first kappa shape index (κ1) is 17.1. The predicted octanol–water partition coefficient (Wildman–Crippen LogP) is 4.30. The van der Waals surface area contributed by atoms with Gasteiger partial charge in [-0.15, -0.1) is 11.8 Å². The number of benzene rings is 1. The number of nitrogens with one attached hydrogen (secondary N) is 1. The van der Waals surface area contributed by atoms with Gasteiger partial charge >= 0.3 is 0 Å². The molecule has 20 heavy (non-hydrogen) atoms. The summed E-state index contributed by atoms with van der Waals surface area (Å²) in [4.78, 5) is 0. The summed E-state index contributed by atoms with van der Waals surface area (Å²) in [6.07, 6.45) is 0.769. The fourth-order valence-corrected chi connectivity index (χ4v) is 2.58. The Labute approximate surface area is 131 Å². The number of ether oxygens (including phenoxy) is 1. The van der Waals surface area contributed by atoms with Crippen LogP contribution in [0.1, 0.15) is 38.3 Å². The van der Waals surface area contributed by atoms with Crippen molar-refractivity contribution >= 4 is 15.9 Å². The van der Waals surface area contributed by atoms with E-state index in [2.05, 4.69) is 66.0 Å². The first-order valence-corrected chi connectivity index (χ1v) is 7.86. The second-order valence-electron chi connectivity index (χ2n) is 5.26. The van der Waals surface area contributed by atoms with Crippen molar-refractivity contribution in [3.05, 3.63) is 27.7 Å². The molecule has 0 atom stereocenters. The van der Waals surface area contributed by atoms with Gasteiger partial charge in [0.1, 0.15) is 5.75 Å². The second-order valence-corrected chi connectivity index (χ2v) is 6.18. The Kier molecular flexibility index (Phi) is 7.72. The van der Waals surface area contributed by atoms with E-state index in [1.165, 1.54) is 5.56 Å². The molecule has 1 N–H and O–H groups in total. The molecule has 0 bridgehead atoms. The normalized spacial score (nSPS) is 10.3. The standard InChI is InChI=1S/C17H24BrNO/c1-5-6-7-8-20-17-14(4)9-16(18)10-15(17)12-19-11-13(2)3/h9-10,13,19H,7-8,11-12H2,1-4H3. The third-order valence-corrected chi connectivity index (χ3v) is 3.29. The van der Waals surface area contributed by atoms with Crippen LogP contribution in [0.15, 0.2) is 16.6 Å². The summed E-state index contributed by atoms with van der Waals surface area (Å²) in [5.41, 5.74) is 2.35. The molecule has 0 heterocycles. The van der Waals surface area contributed by atoms with Gasteiger partial charge in [0.25, 0.3) is 0 Å². The van der Waals surface area contributed by atoms with Crippen molar-refractivity contribution < 1.29 is 4.74 Å². The Morgan fingerprint density at radius 1 is 1.35 bits per heavy atom. The first-order valence-electron chi connectivity index (χ1n) is 7.06. The summed E-state index contributed by atoms with van der Waals surface area (Å²) in [7, 11) is 0.